The first kappa shape index (κ1) is 13.1. The molecule has 1 aromatic heterocycles. The fourth-order valence-corrected chi connectivity index (χ4v) is 2.66. The molecular weight excluding hydrogens is 300 g/mol. The van der Waals surface area contributed by atoms with Gasteiger partial charge < -0.3 is 15.5 Å². The highest BCUT2D eigenvalue weighted by Gasteiger charge is 2.26. The van der Waals surface area contributed by atoms with E-state index in [2.05, 4.69) is 21.2 Å². The number of rotatable bonds is 3. The van der Waals surface area contributed by atoms with E-state index >= 15 is 0 Å². The summed E-state index contributed by atoms with van der Waals surface area (Å²) >= 11 is 3.17. The largest absolute Gasteiger partial charge is 0.457 e. The first-order valence-electron chi connectivity index (χ1n) is 5.91. The molecule has 2 amide bonds. The summed E-state index contributed by atoms with van der Waals surface area (Å²) in [7, 11) is 0. The molecule has 1 aliphatic rings. The van der Waals surface area contributed by atoms with Gasteiger partial charge >= 0.3 is 0 Å². The van der Waals surface area contributed by atoms with Crippen molar-refractivity contribution < 1.29 is 14.0 Å². The second-order valence-electron chi connectivity index (χ2n) is 4.53. The summed E-state index contributed by atoms with van der Waals surface area (Å²) in [5.74, 6) is -0.436. The van der Waals surface area contributed by atoms with E-state index in [-0.39, 0.29) is 23.8 Å². The lowest BCUT2D eigenvalue weighted by molar-refractivity contribution is -0.122. The summed E-state index contributed by atoms with van der Waals surface area (Å²) in [4.78, 5) is 22.9. The van der Waals surface area contributed by atoms with Crippen LogP contribution in [0.1, 0.15) is 36.0 Å². The molecule has 18 heavy (non-hydrogen) atoms. The highest BCUT2D eigenvalue weighted by molar-refractivity contribution is 9.10. The van der Waals surface area contributed by atoms with E-state index in [0.717, 1.165) is 25.7 Å². The molecule has 0 aliphatic heterocycles. The van der Waals surface area contributed by atoms with Gasteiger partial charge in [-0.25, -0.2) is 0 Å². The van der Waals surface area contributed by atoms with Gasteiger partial charge in [-0.3, -0.25) is 9.59 Å². The number of furan rings is 1. The molecule has 1 saturated carbocycles. The standard InChI is InChI=1S/C12H15BrN2O3/c13-10-9(5-6-18-10)12(17)15-8-3-1-7(2-4-8)11(14)16/h5-8H,1-4H2,(H2,14,16)(H,15,17). The monoisotopic (exact) mass is 314 g/mol. The fraction of sp³-hybridized carbons (Fsp3) is 0.500. The quantitative estimate of drug-likeness (QED) is 0.892. The van der Waals surface area contributed by atoms with Crippen LogP contribution >= 0.6 is 15.9 Å². The Bertz CT molecular complexity index is 450. The Hall–Kier alpha value is -1.30. The Morgan fingerprint density at radius 3 is 2.50 bits per heavy atom. The molecule has 98 valence electrons. The summed E-state index contributed by atoms with van der Waals surface area (Å²) in [6, 6.07) is 1.73. The minimum atomic E-state index is -0.239. The molecule has 0 saturated heterocycles. The average molecular weight is 315 g/mol. The van der Waals surface area contributed by atoms with E-state index in [9.17, 15) is 9.59 Å². The minimum absolute atomic E-state index is 0.0428. The van der Waals surface area contributed by atoms with Crippen LogP contribution in [-0.2, 0) is 4.79 Å². The molecule has 1 heterocycles. The zero-order valence-electron chi connectivity index (χ0n) is 9.82. The van der Waals surface area contributed by atoms with Crippen LogP contribution in [0.2, 0.25) is 0 Å². The Kier molecular flexibility index (Phi) is 4.06. The maximum atomic E-state index is 11.9. The van der Waals surface area contributed by atoms with Crippen LogP contribution in [0.4, 0.5) is 0 Å². The number of hydrogen-bond acceptors (Lipinski definition) is 3. The van der Waals surface area contributed by atoms with Gasteiger partial charge in [0.1, 0.15) is 0 Å². The van der Waals surface area contributed by atoms with Crippen LogP contribution in [0.3, 0.4) is 0 Å². The molecule has 1 aromatic rings. The first-order valence-corrected chi connectivity index (χ1v) is 6.70. The zero-order chi connectivity index (χ0) is 13.1. The molecular formula is C12H15BrN2O3. The SMILES string of the molecule is NC(=O)C1CCC(NC(=O)c2ccoc2Br)CC1. The van der Waals surface area contributed by atoms with Gasteiger partial charge in [0.15, 0.2) is 4.67 Å². The van der Waals surface area contributed by atoms with Crippen molar-refractivity contribution >= 4 is 27.7 Å². The van der Waals surface area contributed by atoms with Gasteiger partial charge in [-0.05, 0) is 47.7 Å². The molecule has 1 aliphatic carbocycles. The third-order valence-electron chi connectivity index (χ3n) is 3.33. The molecule has 0 spiro atoms. The fourth-order valence-electron chi connectivity index (χ4n) is 2.24. The number of primary amides is 1. The number of carbonyl (C=O) groups excluding carboxylic acids is 2. The van der Waals surface area contributed by atoms with E-state index in [4.69, 9.17) is 10.2 Å². The molecule has 0 atom stereocenters. The van der Waals surface area contributed by atoms with Crippen LogP contribution in [0.15, 0.2) is 21.4 Å². The zero-order valence-corrected chi connectivity index (χ0v) is 11.4. The van der Waals surface area contributed by atoms with E-state index in [0.29, 0.717) is 10.2 Å². The van der Waals surface area contributed by atoms with Gasteiger partial charge in [-0.1, -0.05) is 0 Å². The predicted molar refractivity (Wildman–Crippen MR) is 68.8 cm³/mol. The highest BCUT2D eigenvalue weighted by atomic mass is 79.9. The van der Waals surface area contributed by atoms with Gasteiger partial charge in [0.2, 0.25) is 5.91 Å². The Morgan fingerprint density at radius 1 is 1.33 bits per heavy atom. The van der Waals surface area contributed by atoms with Crippen molar-refractivity contribution in [3.05, 3.63) is 22.6 Å². The third-order valence-corrected chi connectivity index (χ3v) is 3.94. The van der Waals surface area contributed by atoms with E-state index in [1.807, 2.05) is 0 Å². The molecule has 5 nitrogen and oxygen atoms in total. The lowest BCUT2D eigenvalue weighted by Crippen LogP contribution is -2.39. The Labute approximate surface area is 113 Å². The number of halogens is 1. The second kappa shape index (κ2) is 5.56. The van der Waals surface area contributed by atoms with Crippen molar-refractivity contribution in [3.63, 3.8) is 0 Å². The van der Waals surface area contributed by atoms with Crippen molar-refractivity contribution in [3.8, 4) is 0 Å². The van der Waals surface area contributed by atoms with Crippen LogP contribution in [-0.4, -0.2) is 17.9 Å². The van der Waals surface area contributed by atoms with Gasteiger partial charge in [-0.2, -0.15) is 0 Å². The number of amides is 2. The normalized spacial score (nSPS) is 23.6. The summed E-state index contributed by atoms with van der Waals surface area (Å²) < 4.78 is 5.45. The number of carbonyl (C=O) groups is 2. The lowest BCUT2D eigenvalue weighted by atomic mass is 9.85. The summed E-state index contributed by atoms with van der Waals surface area (Å²) in [6.07, 6.45) is 4.52. The van der Waals surface area contributed by atoms with E-state index < -0.39 is 0 Å². The van der Waals surface area contributed by atoms with Crippen molar-refractivity contribution in [2.75, 3.05) is 0 Å². The van der Waals surface area contributed by atoms with Crippen LogP contribution in [0, 0.1) is 5.92 Å². The molecule has 2 rings (SSSR count). The summed E-state index contributed by atoms with van der Waals surface area (Å²) in [6.45, 7) is 0. The van der Waals surface area contributed by atoms with Gasteiger partial charge in [0, 0.05) is 12.0 Å². The minimum Gasteiger partial charge on any atom is -0.457 e. The maximum Gasteiger partial charge on any atom is 0.255 e. The number of nitrogens with two attached hydrogens (primary N) is 1. The topological polar surface area (TPSA) is 85.3 Å². The van der Waals surface area contributed by atoms with Crippen molar-refractivity contribution in [1.82, 2.24) is 5.32 Å². The van der Waals surface area contributed by atoms with Crippen molar-refractivity contribution in [2.45, 2.75) is 31.7 Å². The molecule has 0 bridgehead atoms. The molecule has 3 N–H and O–H groups in total. The molecule has 0 aromatic carbocycles. The smallest absolute Gasteiger partial charge is 0.255 e. The van der Waals surface area contributed by atoms with Crippen LogP contribution < -0.4 is 11.1 Å². The average Bonchev–Trinajstić information content (AvgIpc) is 2.76. The molecule has 0 radical (unpaired) electrons. The molecule has 0 unspecified atom stereocenters. The van der Waals surface area contributed by atoms with E-state index in [1.54, 1.807) is 6.07 Å². The number of hydrogen-bond donors (Lipinski definition) is 2. The summed E-state index contributed by atoms with van der Waals surface area (Å²) in [5.41, 5.74) is 5.76. The van der Waals surface area contributed by atoms with E-state index in [1.165, 1.54) is 6.26 Å². The third kappa shape index (κ3) is 2.93. The van der Waals surface area contributed by atoms with Crippen LogP contribution in [0.25, 0.3) is 0 Å². The maximum absolute atomic E-state index is 11.9. The number of nitrogens with one attached hydrogen (secondary N) is 1. The van der Waals surface area contributed by atoms with Crippen molar-refractivity contribution in [2.24, 2.45) is 11.7 Å². The first-order chi connectivity index (χ1) is 8.58. The van der Waals surface area contributed by atoms with Gasteiger partial charge in [0.25, 0.3) is 5.91 Å². The second-order valence-corrected chi connectivity index (χ2v) is 5.25. The van der Waals surface area contributed by atoms with Gasteiger partial charge in [-0.15, -0.1) is 0 Å². The van der Waals surface area contributed by atoms with Crippen molar-refractivity contribution in [1.29, 1.82) is 0 Å². The Morgan fingerprint density at radius 2 is 2.00 bits per heavy atom. The molecule has 1 fully saturated rings. The van der Waals surface area contributed by atoms with Gasteiger partial charge in [0.05, 0.1) is 11.8 Å². The predicted octanol–water partition coefficient (Wildman–Crippen LogP) is 1.82. The van der Waals surface area contributed by atoms with Crippen LogP contribution in [0.5, 0.6) is 0 Å². The lowest BCUT2D eigenvalue weighted by Gasteiger charge is -2.27. The highest BCUT2D eigenvalue weighted by Crippen LogP contribution is 2.25. The molecule has 6 heteroatoms. The Balaban J connectivity index is 1.87. The summed E-state index contributed by atoms with van der Waals surface area (Å²) in [5, 5.41) is 2.94.